The topological polar surface area (TPSA) is 92.3 Å². The van der Waals surface area contributed by atoms with Crippen molar-refractivity contribution in [2.24, 2.45) is 0 Å². The minimum absolute atomic E-state index is 0.00434. The van der Waals surface area contributed by atoms with Crippen molar-refractivity contribution in [1.82, 2.24) is 4.57 Å². The average molecular weight is 380 g/mol. The highest BCUT2D eigenvalue weighted by Crippen LogP contribution is 2.33. The van der Waals surface area contributed by atoms with Gasteiger partial charge in [0.15, 0.2) is 6.61 Å². The van der Waals surface area contributed by atoms with Crippen LogP contribution in [0.2, 0.25) is 0 Å². The van der Waals surface area contributed by atoms with Crippen LogP contribution in [0.4, 0.5) is 0 Å². The van der Waals surface area contributed by atoms with Gasteiger partial charge in [0.25, 0.3) is 5.56 Å². The van der Waals surface area contributed by atoms with Gasteiger partial charge in [-0.2, -0.15) is 5.26 Å². The van der Waals surface area contributed by atoms with Crippen LogP contribution in [0.15, 0.2) is 29.1 Å². The fraction of sp³-hybridized carbons (Fsp3) is 0.409. The van der Waals surface area contributed by atoms with Crippen molar-refractivity contribution in [3.05, 3.63) is 56.9 Å². The summed E-state index contributed by atoms with van der Waals surface area (Å²) in [5.74, 6) is -0.236. The standard InChI is InChI=1S/C22H24N2O4/c1-14-8-6-7-11-19(14)28-13-18(25)20-15(2)17(12-23)21(26)24(22(20)27)16-9-4-3-5-10-16/h6-8,11,16,27H,3-5,9-10,13H2,1-2H3. The van der Waals surface area contributed by atoms with Gasteiger partial charge in [0.1, 0.15) is 17.4 Å². The smallest absolute Gasteiger partial charge is 0.271 e. The highest BCUT2D eigenvalue weighted by atomic mass is 16.5. The number of ether oxygens (including phenoxy) is 1. The van der Waals surface area contributed by atoms with E-state index in [0.717, 1.165) is 37.7 Å². The Labute approximate surface area is 164 Å². The van der Waals surface area contributed by atoms with Gasteiger partial charge in [-0.1, -0.05) is 37.5 Å². The Morgan fingerprint density at radius 3 is 2.57 bits per heavy atom. The minimum Gasteiger partial charge on any atom is -0.494 e. The van der Waals surface area contributed by atoms with E-state index in [0.29, 0.717) is 5.75 Å². The van der Waals surface area contributed by atoms with Gasteiger partial charge < -0.3 is 9.84 Å². The van der Waals surface area contributed by atoms with Crippen LogP contribution in [0.25, 0.3) is 0 Å². The summed E-state index contributed by atoms with van der Waals surface area (Å²) in [6.07, 6.45) is 4.47. The summed E-state index contributed by atoms with van der Waals surface area (Å²) in [6.45, 7) is 3.11. The summed E-state index contributed by atoms with van der Waals surface area (Å²) in [6, 6.07) is 9.04. The molecule has 1 aliphatic rings. The first-order chi connectivity index (χ1) is 13.5. The van der Waals surface area contributed by atoms with E-state index in [1.807, 2.05) is 31.2 Å². The molecular weight excluding hydrogens is 356 g/mol. The third-order valence-electron chi connectivity index (χ3n) is 5.42. The summed E-state index contributed by atoms with van der Waals surface area (Å²) in [7, 11) is 0. The number of carbonyl (C=O) groups excluding carboxylic acids is 1. The molecule has 1 heterocycles. The van der Waals surface area contributed by atoms with Crippen LogP contribution in [-0.2, 0) is 0 Å². The van der Waals surface area contributed by atoms with Gasteiger partial charge in [0.2, 0.25) is 11.7 Å². The molecule has 0 atom stereocenters. The van der Waals surface area contributed by atoms with Gasteiger partial charge in [0.05, 0.1) is 5.56 Å². The van der Waals surface area contributed by atoms with E-state index in [9.17, 15) is 20.0 Å². The molecule has 0 radical (unpaired) electrons. The lowest BCUT2D eigenvalue weighted by molar-refractivity contribution is 0.0915. The summed E-state index contributed by atoms with van der Waals surface area (Å²) in [5.41, 5.74) is 0.468. The molecule has 3 rings (SSSR count). The first-order valence-corrected chi connectivity index (χ1v) is 9.55. The number of para-hydroxylation sites is 1. The van der Waals surface area contributed by atoms with Crippen molar-refractivity contribution < 1.29 is 14.6 Å². The number of pyridine rings is 1. The van der Waals surface area contributed by atoms with Gasteiger partial charge >= 0.3 is 0 Å². The van der Waals surface area contributed by atoms with Gasteiger partial charge in [0, 0.05) is 6.04 Å². The zero-order chi connectivity index (χ0) is 20.3. The molecule has 0 bridgehead atoms. The average Bonchev–Trinajstić information content (AvgIpc) is 2.68. The van der Waals surface area contributed by atoms with E-state index in [4.69, 9.17) is 4.74 Å². The summed E-state index contributed by atoms with van der Waals surface area (Å²) in [5, 5.41) is 20.3. The van der Waals surface area contributed by atoms with E-state index in [-0.39, 0.29) is 35.2 Å². The molecule has 0 aliphatic heterocycles. The van der Waals surface area contributed by atoms with Crippen LogP contribution in [0.5, 0.6) is 11.6 Å². The molecule has 6 heteroatoms. The molecule has 0 spiro atoms. The van der Waals surface area contributed by atoms with Crippen molar-refractivity contribution in [3.63, 3.8) is 0 Å². The number of hydrogen-bond donors (Lipinski definition) is 1. The van der Waals surface area contributed by atoms with E-state index in [1.54, 1.807) is 6.07 Å². The fourth-order valence-corrected chi connectivity index (χ4v) is 3.87. The molecule has 6 nitrogen and oxygen atoms in total. The predicted octanol–water partition coefficient (Wildman–Crippen LogP) is 3.81. The lowest BCUT2D eigenvalue weighted by atomic mass is 9.93. The minimum atomic E-state index is -0.527. The normalized spacial score (nSPS) is 14.5. The second kappa shape index (κ2) is 8.30. The molecule has 0 unspecified atom stereocenters. The largest absolute Gasteiger partial charge is 0.494 e. The monoisotopic (exact) mass is 380 g/mol. The van der Waals surface area contributed by atoms with Crippen LogP contribution in [0.3, 0.4) is 0 Å². The lowest BCUT2D eigenvalue weighted by Crippen LogP contribution is -2.31. The molecule has 146 valence electrons. The molecule has 1 aromatic heterocycles. The number of nitrogens with zero attached hydrogens (tertiary/aromatic N) is 2. The molecule has 1 aliphatic carbocycles. The fourth-order valence-electron chi connectivity index (χ4n) is 3.87. The first kappa shape index (κ1) is 19.7. The molecule has 1 saturated carbocycles. The first-order valence-electron chi connectivity index (χ1n) is 9.55. The zero-order valence-electron chi connectivity index (χ0n) is 16.2. The van der Waals surface area contributed by atoms with Gasteiger partial charge in [-0.25, -0.2) is 0 Å². The molecule has 1 aromatic carbocycles. The molecule has 0 amide bonds. The summed E-state index contributed by atoms with van der Waals surface area (Å²) >= 11 is 0. The number of aryl methyl sites for hydroxylation is 1. The van der Waals surface area contributed by atoms with Crippen LogP contribution in [-0.4, -0.2) is 22.1 Å². The second-order valence-corrected chi connectivity index (χ2v) is 7.25. The Morgan fingerprint density at radius 2 is 1.93 bits per heavy atom. The Hall–Kier alpha value is -3.07. The van der Waals surface area contributed by atoms with E-state index in [1.165, 1.54) is 11.5 Å². The maximum Gasteiger partial charge on any atom is 0.271 e. The van der Waals surface area contributed by atoms with E-state index in [2.05, 4.69) is 0 Å². The molecule has 1 fully saturated rings. The lowest BCUT2D eigenvalue weighted by Gasteiger charge is -2.26. The Balaban J connectivity index is 1.99. The van der Waals surface area contributed by atoms with Crippen LogP contribution < -0.4 is 10.3 Å². The van der Waals surface area contributed by atoms with Crippen LogP contribution >= 0.6 is 0 Å². The van der Waals surface area contributed by atoms with Gasteiger partial charge in [-0.3, -0.25) is 14.2 Å². The van der Waals surface area contributed by atoms with Crippen LogP contribution in [0, 0.1) is 25.2 Å². The number of Topliss-reactive ketones (excluding diaryl/α,β-unsaturated/α-hetero) is 1. The third-order valence-corrected chi connectivity index (χ3v) is 5.42. The SMILES string of the molecule is Cc1ccccc1OCC(=O)c1c(C)c(C#N)c(=O)n(C2CCCCC2)c1O. The molecule has 28 heavy (non-hydrogen) atoms. The number of aromatic hydroxyl groups is 1. The Kier molecular flexibility index (Phi) is 5.84. The Morgan fingerprint density at radius 1 is 1.25 bits per heavy atom. The molecular formula is C22H24N2O4. The van der Waals surface area contributed by atoms with Gasteiger partial charge in [-0.15, -0.1) is 0 Å². The maximum atomic E-state index is 12.9. The van der Waals surface area contributed by atoms with Crippen molar-refractivity contribution >= 4 is 5.78 Å². The van der Waals surface area contributed by atoms with Crippen molar-refractivity contribution in [3.8, 4) is 17.7 Å². The molecule has 2 aromatic rings. The molecule has 1 N–H and O–H groups in total. The van der Waals surface area contributed by atoms with E-state index >= 15 is 0 Å². The predicted molar refractivity (Wildman–Crippen MR) is 105 cm³/mol. The van der Waals surface area contributed by atoms with Gasteiger partial charge in [-0.05, 0) is 43.9 Å². The van der Waals surface area contributed by atoms with Crippen molar-refractivity contribution in [1.29, 1.82) is 5.26 Å². The van der Waals surface area contributed by atoms with Crippen molar-refractivity contribution in [2.75, 3.05) is 6.61 Å². The highest BCUT2D eigenvalue weighted by Gasteiger charge is 2.28. The number of carbonyl (C=O) groups is 1. The number of benzene rings is 1. The zero-order valence-corrected chi connectivity index (χ0v) is 16.2. The molecule has 0 saturated heterocycles. The number of rotatable bonds is 5. The van der Waals surface area contributed by atoms with Crippen LogP contribution in [0.1, 0.15) is 65.2 Å². The third kappa shape index (κ3) is 3.65. The summed E-state index contributed by atoms with van der Waals surface area (Å²) < 4.78 is 6.86. The number of aromatic nitrogens is 1. The number of hydrogen-bond acceptors (Lipinski definition) is 5. The van der Waals surface area contributed by atoms with Crippen molar-refractivity contribution in [2.45, 2.75) is 52.0 Å². The second-order valence-electron chi connectivity index (χ2n) is 7.25. The number of nitriles is 1. The van der Waals surface area contributed by atoms with E-state index < -0.39 is 11.3 Å². The highest BCUT2D eigenvalue weighted by molar-refractivity contribution is 6.01. The Bertz CT molecular complexity index is 995. The summed E-state index contributed by atoms with van der Waals surface area (Å²) in [4.78, 5) is 25.7. The quantitative estimate of drug-likeness (QED) is 0.796. The number of ketones is 1. The maximum absolute atomic E-state index is 12.9.